The number of anilines is 1. The van der Waals surface area contributed by atoms with Crippen molar-refractivity contribution < 1.29 is 9.47 Å². The third-order valence-electron chi connectivity index (χ3n) is 2.94. The predicted molar refractivity (Wildman–Crippen MR) is 77.1 cm³/mol. The first-order chi connectivity index (χ1) is 9.17. The van der Waals surface area contributed by atoms with Crippen LogP contribution in [0.2, 0.25) is 0 Å². The van der Waals surface area contributed by atoms with E-state index >= 15 is 0 Å². The molecule has 2 rings (SSSR count). The van der Waals surface area contributed by atoms with Gasteiger partial charge in [0.1, 0.15) is 0 Å². The van der Waals surface area contributed by atoms with Crippen molar-refractivity contribution in [3.8, 4) is 22.8 Å². The minimum atomic E-state index is 0.702. The van der Waals surface area contributed by atoms with Crippen LogP contribution >= 0.6 is 0 Å². The molecule has 0 unspecified atom stereocenters. The molecule has 4 heteroatoms. The normalized spacial score (nSPS) is 10.1. The van der Waals surface area contributed by atoms with E-state index in [1.807, 2.05) is 49.3 Å². The first-order valence-electron chi connectivity index (χ1n) is 6.02. The minimum Gasteiger partial charge on any atom is -0.493 e. The van der Waals surface area contributed by atoms with E-state index in [9.17, 15) is 0 Å². The van der Waals surface area contributed by atoms with Crippen LogP contribution in [0, 0.1) is 0 Å². The van der Waals surface area contributed by atoms with Gasteiger partial charge in [-0.2, -0.15) is 0 Å². The van der Waals surface area contributed by atoms with Gasteiger partial charge in [-0.1, -0.05) is 6.07 Å². The molecule has 0 saturated heterocycles. The van der Waals surface area contributed by atoms with Crippen LogP contribution in [-0.4, -0.2) is 33.3 Å². The lowest BCUT2D eigenvalue weighted by Gasteiger charge is -2.15. The number of pyridine rings is 1. The quantitative estimate of drug-likeness (QED) is 0.844. The summed E-state index contributed by atoms with van der Waals surface area (Å²) in [6.07, 6.45) is 1.80. The molecule has 2 aromatic rings. The molecule has 0 radical (unpaired) electrons. The summed E-state index contributed by atoms with van der Waals surface area (Å²) in [5, 5.41) is 0. The number of rotatable bonds is 4. The molecule has 0 atom stereocenters. The average molecular weight is 258 g/mol. The van der Waals surface area contributed by atoms with Crippen LogP contribution in [-0.2, 0) is 0 Å². The Kier molecular flexibility index (Phi) is 3.90. The highest BCUT2D eigenvalue weighted by atomic mass is 16.5. The highest BCUT2D eigenvalue weighted by Gasteiger charge is 2.12. The minimum absolute atomic E-state index is 0.702. The van der Waals surface area contributed by atoms with Crippen molar-refractivity contribution >= 4 is 5.69 Å². The molecule has 100 valence electrons. The van der Waals surface area contributed by atoms with E-state index in [1.54, 1.807) is 20.4 Å². The van der Waals surface area contributed by atoms with Gasteiger partial charge in [0.05, 0.1) is 19.9 Å². The van der Waals surface area contributed by atoms with E-state index in [4.69, 9.17) is 9.47 Å². The Labute approximate surface area is 113 Å². The monoisotopic (exact) mass is 258 g/mol. The maximum Gasteiger partial charge on any atom is 0.170 e. The Morgan fingerprint density at radius 1 is 1.05 bits per heavy atom. The topological polar surface area (TPSA) is 34.6 Å². The Balaban J connectivity index is 2.55. The number of hydrogen-bond donors (Lipinski definition) is 0. The van der Waals surface area contributed by atoms with Crippen molar-refractivity contribution in [2.45, 2.75) is 0 Å². The molecule has 0 spiro atoms. The van der Waals surface area contributed by atoms with E-state index in [0.717, 1.165) is 16.9 Å². The number of benzene rings is 1. The van der Waals surface area contributed by atoms with Crippen molar-refractivity contribution in [3.63, 3.8) is 0 Å². The summed E-state index contributed by atoms with van der Waals surface area (Å²) < 4.78 is 10.8. The summed E-state index contributed by atoms with van der Waals surface area (Å²) in [5.74, 6) is 1.41. The van der Waals surface area contributed by atoms with Gasteiger partial charge < -0.3 is 14.4 Å². The molecule has 0 fully saturated rings. The van der Waals surface area contributed by atoms with Crippen LogP contribution in [0.3, 0.4) is 0 Å². The maximum absolute atomic E-state index is 5.44. The lowest BCUT2D eigenvalue weighted by molar-refractivity contribution is 0.356. The van der Waals surface area contributed by atoms with Gasteiger partial charge >= 0.3 is 0 Å². The van der Waals surface area contributed by atoms with Crippen molar-refractivity contribution in [2.24, 2.45) is 0 Å². The van der Waals surface area contributed by atoms with Gasteiger partial charge in [-0.25, -0.2) is 0 Å². The molecule has 0 aliphatic carbocycles. The first kappa shape index (κ1) is 13.2. The second kappa shape index (κ2) is 5.61. The van der Waals surface area contributed by atoms with Crippen LogP contribution in [0.25, 0.3) is 11.3 Å². The zero-order chi connectivity index (χ0) is 13.8. The molecular weight excluding hydrogens is 240 g/mol. The van der Waals surface area contributed by atoms with Gasteiger partial charge in [0.15, 0.2) is 11.5 Å². The third-order valence-corrected chi connectivity index (χ3v) is 2.94. The molecule has 1 aromatic carbocycles. The van der Waals surface area contributed by atoms with Crippen LogP contribution in [0.5, 0.6) is 11.5 Å². The number of ether oxygens (including phenoxy) is 2. The Bertz CT molecular complexity index is 568. The summed E-state index contributed by atoms with van der Waals surface area (Å²) in [4.78, 5) is 6.45. The standard InChI is InChI=1S/C15H18N2O2/c1-17(2)11-8-9-16-13(10-11)12-6-5-7-14(18-3)15(12)19-4/h5-10H,1-4H3. The van der Waals surface area contributed by atoms with E-state index in [-0.39, 0.29) is 0 Å². The summed E-state index contributed by atoms with van der Waals surface area (Å²) in [5.41, 5.74) is 2.88. The number of para-hydroxylation sites is 1. The first-order valence-corrected chi connectivity index (χ1v) is 6.02. The molecule has 0 N–H and O–H groups in total. The fourth-order valence-corrected chi connectivity index (χ4v) is 1.93. The summed E-state index contributed by atoms with van der Waals surface area (Å²) in [7, 11) is 7.27. The van der Waals surface area contributed by atoms with E-state index in [0.29, 0.717) is 11.5 Å². The zero-order valence-electron chi connectivity index (χ0n) is 11.7. The van der Waals surface area contributed by atoms with Crippen LogP contribution in [0.4, 0.5) is 5.69 Å². The van der Waals surface area contributed by atoms with Gasteiger partial charge in [-0.15, -0.1) is 0 Å². The van der Waals surface area contributed by atoms with Gasteiger partial charge in [-0.3, -0.25) is 4.98 Å². The molecule has 19 heavy (non-hydrogen) atoms. The molecule has 0 aliphatic heterocycles. The summed E-state index contributed by atoms with van der Waals surface area (Å²) >= 11 is 0. The van der Waals surface area contributed by atoms with E-state index < -0.39 is 0 Å². The second-order valence-corrected chi connectivity index (χ2v) is 4.33. The highest BCUT2D eigenvalue weighted by molar-refractivity contribution is 5.73. The molecule has 0 saturated carbocycles. The molecular formula is C15H18N2O2. The Hall–Kier alpha value is -2.23. The highest BCUT2D eigenvalue weighted by Crippen LogP contribution is 2.37. The Morgan fingerprint density at radius 2 is 1.84 bits per heavy atom. The van der Waals surface area contributed by atoms with Crippen molar-refractivity contribution in [2.75, 3.05) is 33.2 Å². The molecule has 0 bridgehead atoms. The lowest BCUT2D eigenvalue weighted by Crippen LogP contribution is -2.08. The number of hydrogen-bond acceptors (Lipinski definition) is 4. The van der Waals surface area contributed by atoms with Crippen LogP contribution in [0.15, 0.2) is 36.5 Å². The summed E-state index contributed by atoms with van der Waals surface area (Å²) in [6, 6.07) is 9.77. The van der Waals surface area contributed by atoms with E-state index in [1.165, 1.54) is 0 Å². The van der Waals surface area contributed by atoms with E-state index in [2.05, 4.69) is 4.98 Å². The fourth-order valence-electron chi connectivity index (χ4n) is 1.93. The van der Waals surface area contributed by atoms with Gasteiger partial charge in [-0.05, 0) is 24.3 Å². The van der Waals surface area contributed by atoms with Gasteiger partial charge in [0.2, 0.25) is 0 Å². The zero-order valence-corrected chi connectivity index (χ0v) is 11.7. The maximum atomic E-state index is 5.44. The number of methoxy groups -OCH3 is 2. The number of nitrogens with zero attached hydrogens (tertiary/aromatic N) is 2. The van der Waals surface area contributed by atoms with Crippen LogP contribution in [0.1, 0.15) is 0 Å². The SMILES string of the molecule is COc1cccc(-c2cc(N(C)C)ccn2)c1OC. The third kappa shape index (κ3) is 2.62. The molecule has 1 aromatic heterocycles. The predicted octanol–water partition coefficient (Wildman–Crippen LogP) is 2.83. The molecule has 0 amide bonds. The Morgan fingerprint density at radius 3 is 2.47 bits per heavy atom. The van der Waals surface area contributed by atoms with Crippen molar-refractivity contribution in [3.05, 3.63) is 36.5 Å². The largest absolute Gasteiger partial charge is 0.493 e. The molecule has 4 nitrogen and oxygen atoms in total. The summed E-state index contributed by atoms with van der Waals surface area (Å²) in [6.45, 7) is 0. The number of aromatic nitrogens is 1. The van der Waals surface area contributed by atoms with Crippen molar-refractivity contribution in [1.82, 2.24) is 4.98 Å². The van der Waals surface area contributed by atoms with Crippen molar-refractivity contribution in [1.29, 1.82) is 0 Å². The van der Waals surface area contributed by atoms with Gasteiger partial charge in [0, 0.05) is 31.5 Å². The molecule has 0 aliphatic rings. The molecule has 1 heterocycles. The lowest BCUT2D eigenvalue weighted by atomic mass is 10.1. The fraction of sp³-hybridized carbons (Fsp3) is 0.267. The van der Waals surface area contributed by atoms with Crippen LogP contribution < -0.4 is 14.4 Å². The average Bonchev–Trinajstić information content (AvgIpc) is 2.46. The van der Waals surface area contributed by atoms with Gasteiger partial charge in [0.25, 0.3) is 0 Å². The smallest absolute Gasteiger partial charge is 0.170 e. The second-order valence-electron chi connectivity index (χ2n) is 4.33.